The number of tetrazole rings is 1. The Morgan fingerprint density at radius 2 is 2.25 bits per heavy atom. The third kappa shape index (κ3) is 2.37. The van der Waals surface area contributed by atoms with E-state index in [0.717, 1.165) is 17.6 Å². The summed E-state index contributed by atoms with van der Waals surface area (Å²) in [6.45, 7) is 2.92. The highest BCUT2D eigenvalue weighted by Gasteiger charge is 2.18. The number of aromatic nitrogens is 7. The topological polar surface area (TPSA) is 85.8 Å². The van der Waals surface area contributed by atoms with E-state index in [9.17, 15) is 0 Å². The minimum Gasteiger partial charge on any atom is -0.310 e. The molecule has 3 heterocycles. The van der Waals surface area contributed by atoms with E-state index in [4.69, 9.17) is 0 Å². The molecule has 0 fully saturated rings. The van der Waals surface area contributed by atoms with Gasteiger partial charge in [-0.05, 0) is 11.8 Å². The van der Waals surface area contributed by atoms with Crippen LogP contribution in [-0.2, 0) is 13.5 Å². The lowest BCUT2D eigenvalue weighted by molar-refractivity contribution is 0.537. The van der Waals surface area contributed by atoms with E-state index in [0.29, 0.717) is 12.2 Å². The number of hydrogen-bond donors (Lipinski definition) is 1. The van der Waals surface area contributed by atoms with Crippen LogP contribution >= 0.6 is 0 Å². The van der Waals surface area contributed by atoms with Gasteiger partial charge < -0.3 is 5.32 Å². The summed E-state index contributed by atoms with van der Waals surface area (Å²) in [6, 6.07) is 0.0888. The van der Waals surface area contributed by atoms with Crippen LogP contribution in [0.5, 0.6) is 0 Å². The van der Waals surface area contributed by atoms with Crippen LogP contribution in [0.25, 0.3) is 5.52 Å². The molecule has 0 aromatic carbocycles. The van der Waals surface area contributed by atoms with Gasteiger partial charge in [0.2, 0.25) is 0 Å². The molecule has 0 radical (unpaired) electrons. The Bertz CT molecular complexity index is 700. The molecule has 8 heteroatoms. The summed E-state index contributed by atoms with van der Waals surface area (Å²) in [5.74, 6) is 0.710. The van der Waals surface area contributed by atoms with Crippen LogP contribution in [-0.4, -0.2) is 41.4 Å². The molecule has 0 saturated heterocycles. The molecule has 1 unspecified atom stereocenters. The Morgan fingerprint density at radius 1 is 1.35 bits per heavy atom. The second-order valence-corrected chi connectivity index (χ2v) is 4.52. The molecule has 3 aromatic heterocycles. The first-order valence-corrected chi connectivity index (χ1v) is 6.51. The summed E-state index contributed by atoms with van der Waals surface area (Å²) < 4.78 is 1.82. The molecule has 0 bridgehead atoms. The first kappa shape index (κ1) is 12.7. The zero-order chi connectivity index (χ0) is 13.9. The number of nitrogens with one attached hydrogen (secondary N) is 1. The monoisotopic (exact) mass is 272 g/mol. The van der Waals surface area contributed by atoms with E-state index >= 15 is 0 Å². The third-order valence-electron chi connectivity index (χ3n) is 3.12. The van der Waals surface area contributed by atoms with Gasteiger partial charge in [-0.15, -0.1) is 10.2 Å². The van der Waals surface area contributed by atoms with Crippen molar-refractivity contribution in [2.45, 2.75) is 19.4 Å². The Kier molecular flexibility index (Phi) is 3.38. The van der Waals surface area contributed by atoms with Crippen molar-refractivity contribution in [3.63, 3.8) is 0 Å². The van der Waals surface area contributed by atoms with E-state index in [1.54, 1.807) is 13.2 Å². The van der Waals surface area contributed by atoms with Crippen LogP contribution in [0.1, 0.15) is 24.4 Å². The van der Waals surface area contributed by atoms with Crippen molar-refractivity contribution in [1.82, 2.24) is 40.1 Å². The Labute approximate surface area is 115 Å². The fourth-order valence-corrected chi connectivity index (χ4v) is 2.25. The maximum absolute atomic E-state index is 4.34. The number of aryl methyl sites for hydroxylation is 1. The van der Waals surface area contributed by atoms with Gasteiger partial charge in [0.1, 0.15) is 0 Å². The predicted molar refractivity (Wildman–Crippen MR) is 71.9 cm³/mol. The van der Waals surface area contributed by atoms with Gasteiger partial charge >= 0.3 is 0 Å². The molecule has 0 amide bonds. The summed E-state index contributed by atoms with van der Waals surface area (Å²) in [5, 5.41) is 19.9. The lowest BCUT2D eigenvalue weighted by Crippen LogP contribution is -2.23. The number of hydrogen-bond acceptors (Lipinski definition) is 6. The highest BCUT2D eigenvalue weighted by molar-refractivity contribution is 5.53. The molecule has 0 aliphatic heterocycles. The molecular formula is C12H16N8. The molecular weight excluding hydrogens is 256 g/mol. The van der Waals surface area contributed by atoms with E-state index in [1.807, 2.05) is 23.1 Å². The van der Waals surface area contributed by atoms with Crippen molar-refractivity contribution < 1.29 is 0 Å². The molecule has 1 atom stereocenters. The number of nitrogens with zero attached hydrogens (tertiary/aromatic N) is 7. The minimum atomic E-state index is 0.0888. The SMILES string of the molecule is CCNC(Cc1nnn(C)n1)c1cnn2ccncc12. The number of likely N-dealkylation sites (N-methyl/N-ethyl adjacent to an activating group) is 1. The van der Waals surface area contributed by atoms with Crippen LogP contribution < -0.4 is 5.32 Å². The molecule has 0 spiro atoms. The van der Waals surface area contributed by atoms with Crippen LogP contribution in [0.4, 0.5) is 0 Å². The Hall–Kier alpha value is -2.35. The molecule has 3 aromatic rings. The molecule has 0 aliphatic rings. The first-order chi connectivity index (χ1) is 9.78. The van der Waals surface area contributed by atoms with Gasteiger partial charge in [0.25, 0.3) is 0 Å². The van der Waals surface area contributed by atoms with Gasteiger partial charge in [-0.1, -0.05) is 6.92 Å². The van der Waals surface area contributed by atoms with Gasteiger partial charge in [-0.2, -0.15) is 9.90 Å². The fourth-order valence-electron chi connectivity index (χ4n) is 2.25. The Morgan fingerprint density at radius 3 is 3.00 bits per heavy atom. The zero-order valence-electron chi connectivity index (χ0n) is 11.4. The standard InChI is InChI=1S/C12H16N8/c1-3-14-10(6-12-16-18-19(2)17-12)9-7-15-20-5-4-13-8-11(9)20/h4-5,7-8,10,14H,3,6H2,1-2H3. The predicted octanol–water partition coefficient (Wildman–Crippen LogP) is 0.146. The first-order valence-electron chi connectivity index (χ1n) is 6.51. The molecule has 0 aliphatic carbocycles. The van der Waals surface area contributed by atoms with Crippen LogP contribution in [0.15, 0.2) is 24.8 Å². The quantitative estimate of drug-likeness (QED) is 0.711. The molecule has 20 heavy (non-hydrogen) atoms. The second-order valence-electron chi connectivity index (χ2n) is 4.52. The van der Waals surface area contributed by atoms with Crippen molar-refractivity contribution in [2.24, 2.45) is 7.05 Å². The number of rotatable bonds is 5. The highest BCUT2D eigenvalue weighted by atomic mass is 15.6. The Balaban J connectivity index is 1.93. The van der Waals surface area contributed by atoms with Gasteiger partial charge in [0, 0.05) is 30.4 Å². The molecule has 8 nitrogen and oxygen atoms in total. The normalized spacial score (nSPS) is 12.9. The largest absolute Gasteiger partial charge is 0.310 e. The lowest BCUT2D eigenvalue weighted by atomic mass is 10.1. The van der Waals surface area contributed by atoms with Crippen molar-refractivity contribution in [3.05, 3.63) is 36.2 Å². The van der Waals surface area contributed by atoms with Crippen molar-refractivity contribution in [1.29, 1.82) is 0 Å². The van der Waals surface area contributed by atoms with Crippen molar-refractivity contribution >= 4 is 5.52 Å². The highest BCUT2D eigenvalue weighted by Crippen LogP contribution is 2.20. The zero-order valence-corrected chi connectivity index (χ0v) is 11.4. The summed E-state index contributed by atoms with van der Waals surface area (Å²) in [6.07, 6.45) is 7.90. The summed E-state index contributed by atoms with van der Waals surface area (Å²) >= 11 is 0. The van der Waals surface area contributed by atoms with Crippen LogP contribution in [0.2, 0.25) is 0 Å². The molecule has 1 N–H and O–H groups in total. The van der Waals surface area contributed by atoms with Gasteiger partial charge in [0.05, 0.1) is 25.0 Å². The average molecular weight is 272 g/mol. The van der Waals surface area contributed by atoms with Crippen molar-refractivity contribution in [3.8, 4) is 0 Å². The van der Waals surface area contributed by atoms with Crippen LogP contribution in [0, 0.1) is 0 Å². The van der Waals surface area contributed by atoms with E-state index < -0.39 is 0 Å². The summed E-state index contributed by atoms with van der Waals surface area (Å²) in [4.78, 5) is 5.63. The average Bonchev–Trinajstić information content (AvgIpc) is 3.04. The summed E-state index contributed by atoms with van der Waals surface area (Å²) in [7, 11) is 1.76. The fraction of sp³-hybridized carbons (Fsp3) is 0.417. The lowest BCUT2D eigenvalue weighted by Gasteiger charge is -2.14. The van der Waals surface area contributed by atoms with Crippen molar-refractivity contribution in [2.75, 3.05) is 6.54 Å². The summed E-state index contributed by atoms with van der Waals surface area (Å²) in [5.41, 5.74) is 2.08. The maximum Gasteiger partial charge on any atom is 0.176 e. The third-order valence-corrected chi connectivity index (χ3v) is 3.12. The molecule has 0 saturated carbocycles. The van der Waals surface area contributed by atoms with Gasteiger partial charge in [-0.3, -0.25) is 4.98 Å². The molecule has 104 valence electrons. The molecule has 3 rings (SSSR count). The van der Waals surface area contributed by atoms with Gasteiger partial charge in [0.15, 0.2) is 5.82 Å². The van der Waals surface area contributed by atoms with Gasteiger partial charge in [-0.25, -0.2) is 4.52 Å². The minimum absolute atomic E-state index is 0.0888. The smallest absolute Gasteiger partial charge is 0.176 e. The maximum atomic E-state index is 4.34. The van der Waals surface area contributed by atoms with Crippen LogP contribution in [0.3, 0.4) is 0 Å². The van der Waals surface area contributed by atoms with E-state index in [1.165, 1.54) is 4.80 Å². The van der Waals surface area contributed by atoms with E-state index in [-0.39, 0.29) is 6.04 Å². The second kappa shape index (κ2) is 5.33. The van der Waals surface area contributed by atoms with E-state index in [2.05, 4.69) is 37.7 Å². The number of fused-ring (bicyclic) bond motifs is 1.